The number of hydrogen-bond donors (Lipinski definition) is 1. The third-order valence-corrected chi connectivity index (χ3v) is 5.22. The van der Waals surface area contributed by atoms with E-state index in [0.29, 0.717) is 24.6 Å². The van der Waals surface area contributed by atoms with Gasteiger partial charge in [0.1, 0.15) is 11.8 Å². The van der Waals surface area contributed by atoms with Gasteiger partial charge in [0.05, 0.1) is 11.5 Å². The summed E-state index contributed by atoms with van der Waals surface area (Å²) in [5, 5.41) is 4.27. The highest BCUT2D eigenvalue weighted by Crippen LogP contribution is 2.33. The Balaban J connectivity index is 1.64. The Bertz CT molecular complexity index is 748. The number of hydrogen-bond acceptors (Lipinski definition) is 3. The predicted octanol–water partition coefficient (Wildman–Crippen LogP) is 4.88. The van der Waals surface area contributed by atoms with Gasteiger partial charge in [-0.3, -0.25) is 0 Å². The SMILES string of the molecule is CC(N)=N/C(=C\CCc1ccc(F)c(F)c1)C1=NOC(C2CCCCC2)C1. The molecule has 0 amide bonds. The first-order chi connectivity index (χ1) is 13.0. The first-order valence-corrected chi connectivity index (χ1v) is 9.71. The van der Waals surface area contributed by atoms with Crippen molar-refractivity contribution in [2.75, 3.05) is 0 Å². The summed E-state index contributed by atoms with van der Waals surface area (Å²) >= 11 is 0. The van der Waals surface area contributed by atoms with Crippen molar-refractivity contribution in [3.05, 3.63) is 47.2 Å². The minimum atomic E-state index is -0.829. The van der Waals surface area contributed by atoms with Crippen LogP contribution in [0.2, 0.25) is 0 Å². The first-order valence-electron chi connectivity index (χ1n) is 9.71. The second-order valence-electron chi connectivity index (χ2n) is 7.41. The maximum atomic E-state index is 13.3. The van der Waals surface area contributed by atoms with Crippen LogP contribution in [0.3, 0.4) is 0 Å². The summed E-state index contributed by atoms with van der Waals surface area (Å²) in [7, 11) is 0. The van der Waals surface area contributed by atoms with Crippen molar-refractivity contribution in [2.24, 2.45) is 21.8 Å². The van der Waals surface area contributed by atoms with Crippen LogP contribution in [-0.4, -0.2) is 17.7 Å². The van der Waals surface area contributed by atoms with Crippen LogP contribution >= 0.6 is 0 Å². The lowest BCUT2D eigenvalue weighted by molar-refractivity contribution is 0.0268. The van der Waals surface area contributed by atoms with E-state index in [0.717, 1.165) is 29.5 Å². The molecule has 146 valence electrons. The van der Waals surface area contributed by atoms with Gasteiger partial charge in [-0.2, -0.15) is 0 Å². The number of amidine groups is 1. The van der Waals surface area contributed by atoms with E-state index >= 15 is 0 Å². The van der Waals surface area contributed by atoms with Gasteiger partial charge in [0.15, 0.2) is 11.6 Å². The van der Waals surface area contributed by atoms with Crippen LogP contribution < -0.4 is 5.73 Å². The van der Waals surface area contributed by atoms with Gasteiger partial charge in [-0.15, -0.1) is 0 Å². The van der Waals surface area contributed by atoms with Crippen molar-refractivity contribution >= 4 is 11.5 Å². The van der Waals surface area contributed by atoms with Gasteiger partial charge in [-0.1, -0.05) is 36.6 Å². The average Bonchev–Trinajstić information content (AvgIpc) is 3.14. The fraction of sp³-hybridized carbons (Fsp3) is 0.524. The lowest BCUT2D eigenvalue weighted by atomic mass is 9.83. The molecular weight excluding hydrogens is 348 g/mol. The van der Waals surface area contributed by atoms with Gasteiger partial charge in [0, 0.05) is 6.42 Å². The summed E-state index contributed by atoms with van der Waals surface area (Å²) in [5.74, 6) is -0.634. The molecule has 0 aromatic heterocycles. The van der Waals surface area contributed by atoms with E-state index in [4.69, 9.17) is 10.6 Å². The van der Waals surface area contributed by atoms with Crippen molar-refractivity contribution in [2.45, 2.75) is 64.4 Å². The van der Waals surface area contributed by atoms with E-state index in [-0.39, 0.29) is 6.10 Å². The Hall–Kier alpha value is -2.24. The standard InChI is InChI=1S/C21H27F2N3O/c1-14(24)25-19(9-5-6-15-10-11-17(22)18(23)12-15)20-13-21(27-26-20)16-7-3-2-4-8-16/h9-12,16,21H,2-8,13H2,1H3,(H2,24,25)/b19-9-. The highest BCUT2D eigenvalue weighted by atomic mass is 19.2. The van der Waals surface area contributed by atoms with Gasteiger partial charge in [0.25, 0.3) is 0 Å². The Morgan fingerprint density at radius 1 is 1.26 bits per heavy atom. The van der Waals surface area contributed by atoms with Crippen LogP contribution in [0.5, 0.6) is 0 Å². The molecule has 1 heterocycles. The molecular formula is C21H27F2N3O. The van der Waals surface area contributed by atoms with Crippen LogP contribution in [0.1, 0.15) is 57.4 Å². The number of benzene rings is 1. The number of oxime groups is 1. The minimum Gasteiger partial charge on any atom is -0.391 e. The highest BCUT2D eigenvalue weighted by molar-refractivity contribution is 6.02. The summed E-state index contributed by atoms with van der Waals surface area (Å²) in [6.07, 6.45) is 10.3. The van der Waals surface area contributed by atoms with E-state index in [1.165, 1.54) is 38.2 Å². The van der Waals surface area contributed by atoms with E-state index in [2.05, 4.69) is 10.1 Å². The summed E-state index contributed by atoms with van der Waals surface area (Å²) < 4.78 is 26.4. The zero-order valence-electron chi connectivity index (χ0n) is 15.8. The summed E-state index contributed by atoms with van der Waals surface area (Å²) in [4.78, 5) is 10.1. The molecule has 1 aromatic carbocycles. The molecule has 6 heteroatoms. The molecule has 1 aromatic rings. The number of aliphatic imine (C=N–C) groups is 1. The van der Waals surface area contributed by atoms with Crippen LogP contribution in [0.25, 0.3) is 0 Å². The summed E-state index contributed by atoms with van der Waals surface area (Å²) in [6, 6.07) is 3.98. The molecule has 1 aliphatic heterocycles. The fourth-order valence-corrected chi connectivity index (χ4v) is 3.80. The number of halogens is 2. The van der Waals surface area contributed by atoms with E-state index < -0.39 is 11.6 Å². The smallest absolute Gasteiger partial charge is 0.159 e. The monoisotopic (exact) mass is 375 g/mol. The molecule has 0 spiro atoms. The quantitative estimate of drug-likeness (QED) is 0.569. The summed E-state index contributed by atoms with van der Waals surface area (Å²) in [6.45, 7) is 1.73. The molecule has 1 atom stereocenters. The maximum Gasteiger partial charge on any atom is 0.159 e. The van der Waals surface area contributed by atoms with Crippen molar-refractivity contribution in [3.63, 3.8) is 0 Å². The van der Waals surface area contributed by atoms with Crippen LogP contribution in [0.4, 0.5) is 8.78 Å². The zero-order chi connectivity index (χ0) is 19.2. The summed E-state index contributed by atoms with van der Waals surface area (Å²) in [5.41, 5.74) is 8.06. The molecule has 1 saturated carbocycles. The number of nitrogens with two attached hydrogens (primary N) is 1. The predicted molar refractivity (Wildman–Crippen MR) is 104 cm³/mol. The van der Waals surface area contributed by atoms with Crippen molar-refractivity contribution in [1.82, 2.24) is 0 Å². The molecule has 4 nitrogen and oxygen atoms in total. The lowest BCUT2D eigenvalue weighted by Gasteiger charge is -2.25. The Labute approximate surface area is 159 Å². The lowest BCUT2D eigenvalue weighted by Crippen LogP contribution is -2.23. The number of rotatable bonds is 6. The molecule has 0 radical (unpaired) electrons. The molecule has 2 aliphatic rings. The van der Waals surface area contributed by atoms with Gasteiger partial charge in [0.2, 0.25) is 0 Å². The van der Waals surface area contributed by atoms with Crippen molar-refractivity contribution in [1.29, 1.82) is 0 Å². The average molecular weight is 375 g/mol. The van der Waals surface area contributed by atoms with Gasteiger partial charge in [-0.25, -0.2) is 13.8 Å². The zero-order valence-corrected chi connectivity index (χ0v) is 15.8. The second-order valence-corrected chi connectivity index (χ2v) is 7.41. The number of aryl methyl sites for hydroxylation is 1. The van der Waals surface area contributed by atoms with E-state index in [9.17, 15) is 8.78 Å². The molecule has 0 saturated heterocycles. The first kappa shape index (κ1) is 19.5. The largest absolute Gasteiger partial charge is 0.391 e. The van der Waals surface area contributed by atoms with Crippen LogP contribution in [0.15, 0.2) is 40.1 Å². The molecule has 1 aliphatic carbocycles. The molecule has 1 unspecified atom stereocenters. The van der Waals surface area contributed by atoms with Crippen LogP contribution in [0, 0.1) is 17.6 Å². The van der Waals surface area contributed by atoms with Gasteiger partial charge >= 0.3 is 0 Å². The van der Waals surface area contributed by atoms with E-state index in [1.54, 1.807) is 13.0 Å². The molecule has 0 bridgehead atoms. The third kappa shape index (κ3) is 5.37. The Morgan fingerprint density at radius 3 is 2.74 bits per heavy atom. The Morgan fingerprint density at radius 2 is 2.04 bits per heavy atom. The maximum absolute atomic E-state index is 13.3. The topological polar surface area (TPSA) is 60.0 Å². The number of allylic oxidation sites excluding steroid dienone is 2. The third-order valence-electron chi connectivity index (χ3n) is 5.22. The molecule has 3 rings (SSSR count). The van der Waals surface area contributed by atoms with E-state index in [1.807, 2.05) is 6.08 Å². The Kier molecular flexibility index (Phi) is 6.58. The van der Waals surface area contributed by atoms with Crippen molar-refractivity contribution in [3.8, 4) is 0 Å². The van der Waals surface area contributed by atoms with Crippen LogP contribution in [-0.2, 0) is 11.3 Å². The van der Waals surface area contributed by atoms with Gasteiger partial charge in [-0.05, 0) is 56.2 Å². The fourth-order valence-electron chi connectivity index (χ4n) is 3.80. The highest BCUT2D eigenvalue weighted by Gasteiger charge is 2.31. The van der Waals surface area contributed by atoms with Crippen molar-refractivity contribution < 1.29 is 13.6 Å². The number of nitrogens with zero attached hydrogens (tertiary/aromatic N) is 2. The second kappa shape index (κ2) is 9.11. The molecule has 1 fully saturated rings. The molecule has 27 heavy (non-hydrogen) atoms. The minimum absolute atomic E-state index is 0.128. The normalized spacial score (nSPS) is 21.9. The molecule has 2 N–H and O–H groups in total. The van der Waals surface area contributed by atoms with Gasteiger partial charge < -0.3 is 10.6 Å².